The van der Waals surface area contributed by atoms with Gasteiger partial charge in [0.2, 0.25) is 0 Å². The third kappa shape index (κ3) is 4.49. The van der Waals surface area contributed by atoms with Crippen LogP contribution in [0.2, 0.25) is 10.0 Å². The minimum absolute atomic E-state index is 0.232. The second-order valence-electron chi connectivity index (χ2n) is 4.41. The van der Waals surface area contributed by atoms with Gasteiger partial charge in [-0.3, -0.25) is 0 Å². The van der Waals surface area contributed by atoms with Gasteiger partial charge in [-0.25, -0.2) is 4.79 Å². The van der Waals surface area contributed by atoms with Crippen LogP contribution in [0.25, 0.3) is 6.08 Å². The van der Waals surface area contributed by atoms with Crippen molar-refractivity contribution in [3.8, 4) is 17.6 Å². The molecule has 0 saturated heterocycles. The van der Waals surface area contributed by atoms with E-state index in [-0.39, 0.29) is 5.75 Å². The lowest BCUT2D eigenvalue weighted by molar-refractivity contribution is -0.129. The number of methoxy groups -OCH3 is 1. The lowest BCUT2D eigenvalue weighted by Gasteiger charge is -2.07. The van der Waals surface area contributed by atoms with Gasteiger partial charge in [0, 0.05) is 12.1 Å². The molecular weight excluding hydrogens is 337 g/mol. The predicted octanol–water partition coefficient (Wildman–Crippen LogP) is 4.49. The molecule has 0 aliphatic rings. The van der Waals surface area contributed by atoms with Crippen molar-refractivity contribution in [3.05, 3.63) is 63.6 Å². The van der Waals surface area contributed by atoms with Crippen molar-refractivity contribution < 1.29 is 14.3 Å². The molecule has 0 aromatic heterocycles. The Morgan fingerprint density at radius 3 is 2.57 bits per heavy atom. The average Bonchev–Trinajstić information content (AvgIpc) is 2.56. The van der Waals surface area contributed by atoms with Gasteiger partial charge in [-0.15, -0.1) is 0 Å². The van der Waals surface area contributed by atoms with Crippen LogP contribution in [0.1, 0.15) is 11.1 Å². The molecule has 0 heterocycles. The summed E-state index contributed by atoms with van der Waals surface area (Å²) in [5, 5.41) is 9.68. The van der Waals surface area contributed by atoms with E-state index in [4.69, 9.17) is 37.9 Å². The van der Waals surface area contributed by atoms with Gasteiger partial charge in [0.1, 0.15) is 0 Å². The number of nitrogens with zero attached hydrogens (tertiary/aromatic N) is 1. The number of hydrogen-bond donors (Lipinski definition) is 0. The molecule has 0 radical (unpaired) electrons. The molecule has 4 nitrogen and oxygen atoms in total. The number of halogens is 2. The molecule has 6 heteroatoms. The summed E-state index contributed by atoms with van der Waals surface area (Å²) in [5.74, 6) is -0.0466. The van der Waals surface area contributed by atoms with Crippen LogP contribution >= 0.6 is 23.2 Å². The van der Waals surface area contributed by atoms with Crippen molar-refractivity contribution in [2.75, 3.05) is 7.11 Å². The van der Waals surface area contributed by atoms with Gasteiger partial charge in [-0.05, 0) is 35.9 Å². The van der Waals surface area contributed by atoms with Crippen molar-refractivity contribution in [1.82, 2.24) is 0 Å². The molecule has 0 amide bonds. The van der Waals surface area contributed by atoms with Crippen molar-refractivity contribution >= 4 is 35.2 Å². The molecule has 0 bridgehead atoms. The molecule has 0 fully saturated rings. The van der Waals surface area contributed by atoms with E-state index in [9.17, 15) is 4.79 Å². The molecule has 0 aliphatic heterocycles. The third-order valence-corrected chi connectivity index (χ3v) is 3.60. The van der Waals surface area contributed by atoms with Gasteiger partial charge >= 0.3 is 5.97 Å². The highest BCUT2D eigenvalue weighted by Gasteiger charge is 2.09. The number of rotatable bonds is 4. The van der Waals surface area contributed by atoms with Crippen LogP contribution in [0.5, 0.6) is 11.5 Å². The highest BCUT2D eigenvalue weighted by atomic mass is 35.5. The maximum Gasteiger partial charge on any atom is 0.336 e. The Kier molecular flexibility index (Phi) is 5.64. The number of carbonyl (C=O) groups is 1. The van der Waals surface area contributed by atoms with Crippen LogP contribution in [0, 0.1) is 11.3 Å². The fourth-order valence-corrected chi connectivity index (χ4v) is 2.05. The van der Waals surface area contributed by atoms with Gasteiger partial charge in [0.25, 0.3) is 0 Å². The van der Waals surface area contributed by atoms with Gasteiger partial charge in [0.05, 0.1) is 28.8 Å². The normalized spacial score (nSPS) is 10.3. The predicted molar refractivity (Wildman–Crippen MR) is 88.8 cm³/mol. The zero-order chi connectivity index (χ0) is 16.8. The van der Waals surface area contributed by atoms with Crippen molar-refractivity contribution in [2.24, 2.45) is 0 Å². The Labute approximate surface area is 143 Å². The van der Waals surface area contributed by atoms with Crippen molar-refractivity contribution in [3.63, 3.8) is 0 Å². The first kappa shape index (κ1) is 16.9. The number of ether oxygens (including phenoxy) is 2. The van der Waals surface area contributed by atoms with E-state index in [1.165, 1.54) is 31.4 Å². The van der Waals surface area contributed by atoms with E-state index >= 15 is 0 Å². The van der Waals surface area contributed by atoms with Crippen LogP contribution in [0.3, 0.4) is 0 Å². The van der Waals surface area contributed by atoms with Crippen molar-refractivity contribution in [1.29, 1.82) is 5.26 Å². The molecule has 2 aromatic rings. The molecule has 0 saturated carbocycles. The lowest BCUT2D eigenvalue weighted by atomic mass is 10.2. The van der Waals surface area contributed by atoms with Crippen LogP contribution < -0.4 is 9.47 Å². The first-order valence-corrected chi connectivity index (χ1v) is 7.22. The van der Waals surface area contributed by atoms with E-state index in [2.05, 4.69) is 0 Å². The second-order valence-corrected chi connectivity index (χ2v) is 5.22. The Hall–Kier alpha value is -2.48. The summed E-state index contributed by atoms with van der Waals surface area (Å²) in [4.78, 5) is 11.9. The minimum Gasteiger partial charge on any atom is -0.493 e. The smallest absolute Gasteiger partial charge is 0.336 e. The molecular formula is C17H11Cl2NO3. The molecule has 0 atom stereocenters. The Balaban J connectivity index is 2.11. The van der Waals surface area contributed by atoms with Gasteiger partial charge in [-0.1, -0.05) is 29.3 Å². The SMILES string of the molecule is COc1cc(C#N)ccc1OC(=O)/C=C/c1ccc(Cl)c(Cl)c1. The number of hydrogen-bond acceptors (Lipinski definition) is 4. The molecule has 0 unspecified atom stereocenters. The number of esters is 1. The van der Waals surface area contributed by atoms with E-state index < -0.39 is 5.97 Å². The topological polar surface area (TPSA) is 59.3 Å². The zero-order valence-corrected chi connectivity index (χ0v) is 13.6. The summed E-state index contributed by atoms with van der Waals surface area (Å²) in [5.41, 5.74) is 1.12. The summed E-state index contributed by atoms with van der Waals surface area (Å²) in [6.07, 6.45) is 2.82. The van der Waals surface area contributed by atoms with E-state index in [0.717, 1.165) is 0 Å². The zero-order valence-electron chi connectivity index (χ0n) is 12.0. The van der Waals surface area contributed by atoms with E-state index in [0.29, 0.717) is 26.9 Å². The Morgan fingerprint density at radius 2 is 1.91 bits per heavy atom. The van der Waals surface area contributed by atoms with Gasteiger partial charge in [-0.2, -0.15) is 5.26 Å². The molecule has 0 N–H and O–H groups in total. The molecule has 116 valence electrons. The summed E-state index contributed by atoms with van der Waals surface area (Å²) < 4.78 is 10.3. The second kappa shape index (κ2) is 7.68. The minimum atomic E-state index is -0.584. The first-order valence-electron chi connectivity index (χ1n) is 6.46. The highest BCUT2D eigenvalue weighted by Crippen LogP contribution is 2.28. The van der Waals surface area contributed by atoms with Crippen LogP contribution in [0.15, 0.2) is 42.5 Å². The third-order valence-electron chi connectivity index (χ3n) is 2.86. The van der Waals surface area contributed by atoms with E-state index in [1.807, 2.05) is 6.07 Å². The standard InChI is InChI=1S/C17H11Cl2NO3/c1-22-16-9-12(10-20)3-6-15(16)23-17(21)7-4-11-2-5-13(18)14(19)8-11/h2-9H,1H3/b7-4+. The maximum absolute atomic E-state index is 11.9. The highest BCUT2D eigenvalue weighted by molar-refractivity contribution is 6.42. The monoisotopic (exact) mass is 347 g/mol. The number of nitriles is 1. The Bertz CT molecular complexity index is 810. The van der Waals surface area contributed by atoms with Crippen LogP contribution in [-0.2, 0) is 4.79 Å². The number of benzene rings is 2. The molecule has 0 spiro atoms. The summed E-state index contributed by atoms with van der Waals surface area (Å²) >= 11 is 11.7. The van der Waals surface area contributed by atoms with Gasteiger partial charge < -0.3 is 9.47 Å². The lowest BCUT2D eigenvalue weighted by Crippen LogP contribution is -2.05. The van der Waals surface area contributed by atoms with Crippen LogP contribution in [-0.4, -0.2) is 13.1 Å². The Morgan fingerprint density at radius 1 is 1.13 bits per heavy atom. The molecule has 2 rings (SSSR count). The summed E-state index contributed by atoms with van der Waals surface area (Å²) in [6.45, 7) is 0. The summed E-state index contributed by atoms with van der Waals surface area (Å²) in [6, 6.07) is 11.5. The fourth-order valence-electron chi connectivity index (χ4n) is 1.74. The first-order chi connectivity index (χ1) is 11.0. The molecule has 23 heavy (non-hydrogen) atoms. The van der Waals surface area contributed by atoms with Gasteiger partial charge in [0.15, 0.2) is 11.5 Å². The maximum atomic E-state index is 11.9. The molecule has 0 aliphatic carbocycles. The van der Waals surface area contributed by atoms with E-state index in [1.54, 1.807) is 24.3 Å². The average molecular weight is 348 g/mol. The van der Waals surface area contributed by atoms with Crippen LogP contribution in [0.4, 0.5) is 0 Å². The quantitative estimate of drug-likeness (QED) is 0.464. The number of carbonyl (C=O) groups excluding carboxylic acids is 1. The fraction of sp³-hybridized carbons (Fsp3) is 0.0588. The summed E-state index contributed by atoms with van der Waals surface area (Å²) in [7, 11) is 1.43. The molecule has 2 aromatic carbocycles. The van der Waals surface area contributed by atoms with Crippen molar-refractivity contribution in [2.45, 2.75) is 0 Å². The largest absolute Gasteiger partial charge is 0.493 e.